The number of carbonyl (C=O) groups is 1. The maximum absolute atomic E-state index is 11.9. The lowest BCUT2D eigenvalue weighted by Crippen LogP contribution is -2.41. The molecule has 1 atom stereocenters. The summed E-state index contributed by atoms with van der Waals surface area (Å²) in [5.41, 5.74) is 0. The molecule has 0 aromatic rings. The lowest BCUT2D eigenvalue weighted by atomic mass is 10.1. The van der Waals surface area contributed by atoms with Gasteiger partial charge >= 0.3 is 5.97 Å². The molecular formula is C13H25NO4S. The molecule has 0 amide bonds. The van der Waals surface area contributed by atoms with Crippen LogP contribution < -0.4 is 4.72 Å². The summed E-state index contributed by atoms with van der Waals surface area (Å²) in [6, 6.07) is -0.978. The van der Waals surface area contributed by atoms with E-state index in [0.29, 0.717) is 25.2 Å². The van der Waals surface area contributed by atoms with Crippen molar-refractivity contribution in [2.75, 3.05) is 5.75 Å². The lowest BCUT2D eigenvalue weighted by molar-refractivity contribution is -0.139. The smallest absolute Gasteiger partial charge is 0.321 e. The third kappa shape index (κ3) is 6.38. The Morgan fingerprint density at radius 2 is 2.00 bits per heavy atom. The first-order chi connectivity index (χ1) is 8.94. The number of hydrogen-bond acceptors (Lipinski definition) is 3. The summed E-state index contributed by atoms with van der Waals surface area (Å²) in [4.78, 5) is 11.0. The minimum absolute atomic E-state index is 0.0492. The second-order valence-electron chi connectivity index (χ2n) is 5.41. The van der Waals surface area contributed by atoms with Gasteiger partial charge in [-0.15, -0.1) is 0 Å². The highest BCUT2D eigenvalue weighted by Gasteiger charge is 2.25. The number of nitrogens with one attached hydrogen (secondary N) is 1. The normalized spacial score (nSPS) is 18.6. The average molecular weight is 291 g/mol. The van der Waals surface area contributed by atoms with Crippen molar-refractivity contribution in [1.29, 1.82) is 0 Å². The Bertz CT molecular complexity index is 374. The number of hydrogen-bond donors (Lipinski definition) is 2. The van der Waals surface area contributed by atoms with Gasteiger partial charge in [-0.05, 0) is 18.8 Å². The van der Waals surface area contributed by atoms with Gasteiger partial charge in [0.1, 0.15) is 6.04 Å². The zero-order valence-corrected chi connectivity index (χ0v) is 12.4. The van der Waals surface area contributed by atoms with Crippen LogP contribution in [0.2, 0.25) is 0 Å². The maximum atomic E-state index is 11.9. The van der Waals surface area contributed by atoms with E-state index in [2.05, 4.69) is 4.72 Å². The van der Waals surface area contributed by atoms with Crippen LogP contribution in [0.1, 0.15) is 58.3 Å². The fraction of sp³-hybridized carbons (Fsp3) is 0.923. The molecule has 6 heteroatoms. The van der Waals surface area contributed by atoms with E-state index in [1.807, 2.05) is 6.92 Å². The highest BCUT2D eigenvalue weighted by molar-refractivity contribution is 7.89. The quantitative estimate of drug-likeness (QED) is 0.681. The largest absolute Gasteiger partial charge is 0.480 e. The highest BCUT2D eigenvalue weighted by Crippen LogP contribution is 2.27. The molecule has 19 heavy (non-hydrogen) atoms. The molecule has 0 aliphatic heterocycles. The summed E-state index contributed by atoms with van der Waals surface area (Å²) in [5, 5.41) is 9.02. The zero-order chi connectivity index (χ0) is 14.3. The Kier molecular flexibility index (Phi) is 6.79. The van der Waals surface area contributed by atoms with Crippen LogP contribution in [-0.2, 0) is 14.8 Å². The first-order valence-electron chi connectivity index (χ1n) is 7.17. The van der Waals surface area contributed by atoms with Crippen LogP contribution in [0.5, 0.6) is 0 Å². The molecule has 2 N–H and O–H groups in total. The molecule has 1 fully saturated rings. The van der Waals surface area contributed by atoms with Gasteiger partial charge in [0, 0.05) is 0 Å². The van der Waals surface area contributed by atoms with Crippen molar-refractivity contribution in [3.05, 3.63) is 0 Å². The third-order valence-corrected chi connectivity index (χ3v) is 5.15. The summed E-state index contributed by atoms with van der Waals surface area (Å²) in [5.74, 6) is -0.540. The molecule has 1 rings (SSSR count). The minimum atomic E-state index is -3.47. The van der Waals surface area contributed by atoms with Crippen molar-refractivity contribution in [3.8, 4) is 0 Å². The van der Waals surface area contributed by atoms with Crippen molar-refractivity contribution in [3.63, 3.8) is 0 Å². The Labute approximate surface area is 115 Å². The Morgan fingerprint density at radius 3 is 2.53 bits per heavy atom. The predicted molar refractivity (Wildman–Crippen MR) is 74.4 cm³/mol. The monoisotopic (exact) mass is 291 g/mol. The second-order valence-corrected chi connectivity index (χ2v) is 7.28. The molecule has 0 spiro atoms. The molecule has 0 heterocycles. The van der Waals surface area contributed by atoms with Crippen LogP contribution >= 0.6 is 0 Å². The molecule has 1 aliphatic rings. The molecule has 1 saturated carbocycles. The predicted octanol–water partition coefficient (Wildman–Crippen LogP) is 2.13. The van der Waals surface area contributed by atoms with Gasteiger partial charge in [-0.2, -0.15) is 0 Å². The van der Waals surface area contributed by atoms with Crippen LogP contribution in [0.25, 0.3) is 0 Å². The first kappa shape index (κ1) is 16.4. The van der Waals surface area contributed by atoms with Crippen molar-refractivity contribution in [2.45, 2.75) is 64.3 Å². The first-order valence-corrected chi connectivity index (χ1v) is 8.82. The number of carboxylic acid groups (broad SMARTS) is 1. The molecule has 0 aromatic carbocycles. The van der Waals surface area contributed by atoms with Crippen LogP contribution in [0.4, 0.5) is 0 Å². The number of unbranched alkanes of at least 4 members (excludes halogenated alkanes) is 1. The number of aliphatic carboxylic acids is 1. The molecule has 0 unspecified atom stereocenters. The molecule has 0 bridgehead atoms. The van der Waals surface area contributed by atoms with E-state index in [4.69, 9.17) is 5.11 Å². The average Bonchev–Trinajstić information content (AvgIpc) is 2.85. The van der Waals surface area contributed by atoms with E-state index in [0.717, 1.165) is 19.3 Å². The molecule has 112 valence electrons. The van der Waals surface area contributed by atoms with E-state index < -0.39 is 22.0 Å². The number of rotatable bonds is 9. The summed E-state index contributed by atoms with van der Waals surface area (Å²) < 4.78 is 26.1. The topological polar surface area (TPSA) is 83.5 Å². The van der Waals surface area contributed by atoms with Crippen molar-refractivity contribution < 1.29 is 18.3 Å². The Hall–Kier alpha value is -0.620. The lowest BCUT2D eigenvalue weighted by Gasteiger charge is -2.15. The molecule has 0 aromatic heterocycles. The van der Waals surface area contributed by atoms with Gasteiger partial charge in [0.25, 0.3) is 0 Å². The fourth-order valence-electron chi connectivity index (χ4n) is 2.54. The molecule has 0 radical (unpaired) electrons. The van der Waals surface area contributed by atoms with Crippen LogP contribution in [0, 0.1) is 5.92 Å². The van der Waals surface area contributed by atoms with E-state index in [1.165, 1.54) is 12.8 Å². The van der Waals surface area contributed by atoms with Crippen LogP contribution in [-0.4, -0.2) is 31.3 Å². The van der Waals surface area contributed by atoms with Crippen LogP contribution in [0.15, 0.2) is 0 Å². The zero-order valence-electron chi connectivity index (χ0n) is 11.6. The molecule has 0 saturated heterocycles. The summed E-state index contributed by atoms with van der Waals surface area (Å²) in [7, 11) is -3.47. The van der Waals surface area contributed by atoms with Gasteiger partial charge in [-0.25, -0.2) is 13.1 Å². The van der Waals surface area contributed by atoms with Crippen molar-refractivity contribution in [2.24, 2.45) is 5.92 Å². The Balaban J connectivity index is 2.43. The molecule has 1 aliphatic carbocycles. The van der Waals surface area contributed by atoms with Gasteiger partial charge in [0.15, 0.2) is 0 Å². The fourth-order valence-corrected chi connectivity index (χ4v) is 3.95. The molecular weight excluding hydrogens is 266 g/mol. The highest BCUT2D eigenvalue weighted by atomic mass is 32.2. The third-order valence-electron chi connectivity index (χ3n) is 3.74. The van der Waals surface area contributed by atoms with Crippen molar-refractivity contribution in [1.82, 2.24) is 4.72 Å². The van der Waals surface area contributed by atoms with Gasteiger partial charge in [0.2, 0.25) is 10.0 Å². The summed E-state index contributed by atoms with van der Waals surface area (Å²) in [6.07, 6.45) is 7.15. The van der Waals surface area contributed by atoms with Gasteiger partial charge in [-0.3, -0.25) is 4.79 Å². The van der Waals surface area contributed by atoms with Crippen LogP contribution in [0.3, 0.4) is 0 Å². The standard InChI is InChI=1S/C13H25NO4S/c1-2-3-8-12(13(15)16)14-19(17,18)10-9-11-6-4-5-7-11/h11-12,14H,2-10H2,1H3,(H,15,16)/t12-/m0/s1. The Morgan fingerprint density at radius 1 is 1.37 bits per heavy atom. The second kappa shape index (κ2) is 7.85. The maximum Gasteiger partial charge on any atom is 0.321 e. The molecule has 5 nitrogen and oxygen atoms in total. The van der Waals surface area contributed by atoms with Crippen molar-refractivity contribution >= 4 is 16.0 Å². The van der Waals surface area contributed by atoms with Gasteiger partial charge < -0.3 is 5.11 Å². The van der Waals surface area contributed by atoms with E-state index in [9.17, 15) is 13.2 Å². The summed E-state index contributed by atoms with van der Waals surface area (Å²) in [6.45, 7) is 1.95. The van der Waals surface area contributed by atoms with Gasteiger partial charge in [-0.1, -0.05) is 45.4 Å². The number of sulfonamides is 1. The van der Waals surface area contributed by atoms with E-state index >= 15 is 0 Å². The number of carboxylic acids is 1. The minimum Gasteiger partial charge on any atom is -0.480 e. The van der Waals surface area contributed by atoms with E-state index in [-0.39, 0.29) is 5.75 Å². The SMILES string of the molecule is CCCC[C@H](NS(=O)(=O)CCC1CCCC1)C(=O)O. The summed E-state index contributed by atoms with van der Waals surface area (Å²) >= 11 is 0. The van der Waals surface area contributed by atoms with E-state index in [1.54, 1.807) is 0 Å². The van der Waals surface area contributed by atoms with Gasteiger partial charge in [0.05, 0.1) is 5.75 Å².